The van der Waals surface area contributed by atoms with Gasteiger partial charge in [0.1, 0.15) is 5.82 Å². The fourth-order valence-corrected chi connectivity index (χ4v) is 3.86. The molecule has 27 heavy (non-hydrogen) atoms. The molecule has 0 aromatic heterocycles. The van der Waals surface area contributed by atoms with Crippen LogP contribution in [0, 0.1) is 12.7 Å². The number of nitrogens with zero attached hydrogens (tertiary/aromatic N) is 2. The van der Waals surface area contributed by atoms with Crippen LogP contribution in [0.25, 0.3) is 17.2 Å². The van der Waals surface area contributed by atoms with Crippen molar-refractivity contribution in [2.75, 3.05) is 25.5 Å². The Bertz CT molecular complexity index is 839. The Morgan fingerprint density at radius 2 is 2.19 bits per heavy atom. The molecule has 1 unspecified atom stereocenters. The lowest BCUT2D eigenvalue weighted by Crippen LogP contribution is -2.39. The summed E-state index contributed by atoms with van der Waals surface area (Å²) in [6.07, 6.45) is 5.64. The average Bonchev–Trinajstić information content (AvgIpc) is 2.62. The lowest BCUT2D eigenvalue weighted by Gasteiger charge is -2.31. The van der Waals surface area contributed by atoms with Gasteiger partial charge in [0, 0.05) is 35.0 Å². The molecule has 0 amide bonds. The second kappa shape index (κ2) is 8.35. The first kappa shape index (κ1) is 19.1. The van der Waals surface area contributed by atoms with Crippen LogP contribution in [0.4, 0.5) is 10.1 Å². The Balaban J connectivity index is 2.10. The minimum absolute atomic E-state index is 0.236. The molecule has 0 radical (unpaired) electrons. The number of benzene rings is 2. The molecular weight excluding hydrogens is 339 g/mol. The second-order valence-electron chi connectivity index (χ2n) is 7.19. The number of hydrogen-bond acceptors (Lipinski definition) is 4. The van der Waals surface area contributed by atoms with Crippen LogP contribution in [0.15, 0.2) is 42.0 Å². The Kier molecular flexibility index (Phi) is 5.91. The molecule has 5 heteroatoms. The highest BCUT2D eigenvalue weighted by Gasteiger charge is 2.19. The molecule has 2 aromatic carbocycles. The van der Waals surface area contributed by atoms with Crippen molar-refractivity contribution in [2.45, 2.75) is 25.8 Å². The number of piperidine rings is 1. The largest absolute Gasteiger partial charge is 0.381 e. The van der Waals surface area contributed by atoms with Crippen LogP contribution in [0.2, 0.25) is 0 Å². The first-order chi connectivity index (χ1) is 13.0. The van der Waals surface area contributed by atoms with E-state index in [4.69, 9.17) is 5.84 Å². The summed E-state index contributed by atoms with van der Waals surface area (Å²) in [5.41, 5.74) is 4.97. The molecule has 1 aliphatic heterocycles. The zero-order valence-electron chi connectivity index (χ0n) is 16.0. The van der Waals surface area contributed by atoms with E-state index < -0.39 is 0 Å². The predicted octanol–water partition coefficient (Wildman–Crippen LogP) is 4.24. The fourth-order valence-electron chi connectivity index (χ4n) is 3.86. The van der Waals surface area contributed by atoms with Crippen LogP contribution in [0.3, 0.4) is 0 Å². The third kappa shape index (κ3) is 4.19. The highest BCUT2D eigenvalue weighted by Crippen LogP contribution is 2.33. The van der Waals surface area contributed by atoms with Gasteiger partial charge in [-0.25, -0.2) is 4.39 Å². The van der Waals surface area contributed by atoms with E-state index in [9.17, 15) is 4.39 Å². The van der Waals surface area contributed by atoms with Crippen LogP contribution in [-0.4, -0.2) is 37.3 Å². The van der Waals surface area contributed by atoms with Gasteiger partial charge in [0.15, 0.2) is 0 Å². The van der Waals surface area contributed by atoms with Crippen LogP contribution >= 0.6 is 0 Å². The average molecular weight is 366 g/mol. The first-order valence-corrected chi connectivity index (χ1v) is 9.27. The molecule has 1 aliphatic rings. The molecular formula is C22H27FN4. The van der Waals surface area contributed by atoms with Crippen molar-refractivity contribution < 1.29 is 4.39 Å². The van der Waals surface area contributed by atoms with Gasteiger partial charge in [0.05, 0.1) is 6.21 Å². The van der Waals surface area contributed by atoms with Gasteiger partial charge >= 0.3 is 0 Å². The van der Waals surface area contributed by atoms with E-state index in [1.807, 2.05) is 25.1 Å². The summed E-state index contributed by atoms with van der Waals surface area (Å²) in [6, 6.07) is 9.39. The number of rotatable bonds is 5. The number of aryl methyl sites for hydroxylation is 1. The standard InChI is InChI=1S/C22H27FN4/c1-4-19-17(13-25-24)11-16(22-15(2)7-5-9-20(22)23)12-21(19)26-18-8-6-10-27(3)14-18/h4-5,7,9,11-13,18,26H,1,6,8,10,14,24H2,2-3H3/b25-13-. The van der Waals surface area contributed by atoms with E-state index in [-0.39, 0.29) is 5.82 Å². The van der Waals surface area contributed by atoms with E-state index in [0.29, 0.717) is 11.6 Å². The maximum absolute atomic E-state index is 14.6. The molecule has 2 aromatic rings. The minimum atomic E-state index is -0.236. The molecule has 142 valence electrons. The number of hydrogen-bond donors (Lipinski definition) is 2. The predicted molar refractivity (Wildman–Crippen MR) is 113 cm³/mol. The van der Waals surface area contributed by atoms with Crippen LogP contribution in [0.5, 0.6) is 0 Å². The van der Waals surface area contributed by atoms with Crippen molar-refractivity contribution in [3.05, 3.63) is 59.4 Å². The van der Waals surface area contributed by atoms with E-state index in [1.54, 1.807) is 18.4 Å². The van der Waals surface area contributed by atoms with E-state index in [0.717, 1.165) is 53.9 Å². The van der Waals surface area contributed by atoms with Crippen molar-refractivity contribution in [3.63, 3.8) is 0 Å². The van der Waals surface area contributed by atoms with Gasteiger partial charge in [-0.2, -0.15) is 5.10 Å². The van der Waals surface area contributed by atoms with Gasteiger partial charge < -0.3 is 16.1 Å². The smallest absolute Gasteiger partial charge is 0.131 e. The van der Waals surface area contributed by atoms with Gasteiger partial charge in [0.25, 0.3) is 0 Å². The van der Waals surface area contributed by atoms with Crippen LogP contribution in [0.1, 0.15) is 29.5 Å². The molecule has 3 rings (SSSR count). The minimum Gasteiger partial charge on any atom is -0.381 e. The second-order valence-corrected chi connectivity index (χ2v) is 7.19. The highest BCUT2D eigenvalue weighted by molar-refractivity contribution is 5.92. The summed E-state index contributed by atoms with van der Waals surface area (Å²) in [4.78, 5) is 2.32. The number of nitrogens with two attached hydrogens (primary N) is 1. The van der Waals surface area contributed by atoms with Crippen molar-refractivity contribution in [2.24, 2.45) is 10.9 Å². The highest BCUT2D eigenvalue weighted by atomic mass is 19.1. The summed E-state index contributed by atoms with van der Waals surface area (Å²) in [7, 11) is 2.13. The summed E-state index contributed by atoms with van der Waals surface area (Å²) in [5, 5.41) is 7.33. The zero-order chi connectivity index (χ0) is 19.4. The van der Waals surface area contributed by atoms with Crippen molar-refractivity contribution >= 4 is 18.0 Å². The number of halogens is 1. The third-order valence-electron chi connectivity index (χ3n) is 5.12. The SMILES string of the molecule is C=Cc1c(/C=N\N)cc(-c2c(C)cccc2F)cc1NC1CCCN(C)C1. The quantitative estimate of drug-likeness (QED) is 0.473. The fraction of sp³-hybridized carbons (Fsp3) is 0.318. The zero-order valence-corrected chi connectivity index (χ0v) is 16.0. The Morgan fingerprint density at radius 1 is 1.37 bits per heavy atom. The van der Waals surface area contributed by atoms with Crippen LogP contribution in [-0.2, 0) is 0 Å². The number of nitrogens with one attached hydrogen (secondary N) is 1. The molecule has 0 aliphatic carbocycles. The van der Waals surface area contributed by atoms with E-state index >= 15 is 0 Å². The van der Waals surface area contributed by atoms with Gasteiger partial charge in [-0.15, -0.1) is 0 Å². The lowest BCUT2D eigenvalue weighted by atomic mass is 9.94. The number of likely N-dealkylation sites (N-methyl/N-ethyl adjacent to an activating group) is 1. The van der Waals surface area contributed by atoms with Crippen molar-refractivity contribution in [3.8, 4) is 11.1 Å². The molecule has 0 saturated carbocycles. The summed E-state index contributed by atoms with van der Waals surface area (Å²) >= 11 is 0. The van der Waals surface area contributed by atoms with Crippen molar-refractivity contribution in [1.82, 2.24) is 4.90 Å². The Morgan fingerprint density at radius 3 is 2.85 bits per heavy atom. The molecule has 0 spiro atoms. The van der Waals surface area contributed by atoms with Gasteiger partial charge in [-0.3, -0.25) is 0 Å². The normalized spacial score (nSPS) is 18.0. The van der Waals surface area contributed by atoms with Gasteiger partial charge in [0.2, 0.25) is 0 Å². The maximum atomic E-state index is 14.6. The van der Waals surface area contributed by atoms with Crippen molar-refractivity contribution in [1.29, 1.82) is 0 Å². The lowest BCUT2D eigenvalue weighted by molar-refractivity contribution is 0.261. The number of anilines is 1. The molecule has 1 fully saturated rings. The number of hydrazone groups is 1. The summed E-state index contributed by atoms with van der Waals surface area (Å²) < 4.78 is 14.6. The molecule has 3 N–H and O–H groups in total. The van der Waals surface area contributed by atoms with Crippen LogP contribution < -0.4 is 11.2 Å². The molecule has 1 atom stereocenters. The summed E-state index contributed by atoms with van der Waals surface area (Å²) in [5.74, 6) is 5.18. The van der Waals surface area contributed by atoms with Gasteiger partial charge in [-0.1, -0.05) is 24.8 Å². The molecule has 1 heterocycles. The third-order valence-corrected chi connectivity index (χ3v) is 5.12. The summed E-state index contributed by atoms with van der Waals surface area (Å²) in [6.45, 7) is 7.96. The topological polar surface area (TPSA) is 53.6 Å². The van der Waals surface area contributed by atoms with E-state index in [2.05, 4.69) is 28.9 Å². The first-order valence-electron chi connectivity index (χ1n) is 9.27. The Hall–Kier alpha value is -2.66. The number of likely N-dealkylation sites (tertiary alicyclic amines) is 1. The maximum Gasteiger partial charge on any atom is 0.131 e. The molecule has 4 nitrogen and oxygen atoms in total. The molecule has 1 saturated heterocycles. The van der Waals surface area contributed by atoms with E-state index in [1.165, 1.54) is 6.07 Å². The Labute approximate surface area is 160 Å². The molecule has 0 bridgehead atoms. The van der Waals surface area contributed by atoms with Gasteiger partial charge in [-0.05, 0) is 62.7 Å². The monoisotopic (exact) mass is 366 g/mol.